The summed E-state index contributed by atoms with van der Waals surface area (Å²) in [6.07, 6.45) is 2.25. The summed E-state index contributed by atoms with van der Waals surface area (Å²) in [5.41, 5.74) is 6.20. The van der Waals surface area contributed by atoms with E-state index in [2.05, 4.69) is 25.7 Å². The monoisotopic (exact) mass is 200 g/mol. The minimum Gasteiger partial charge on any atom is -0.379 e. The van der Waals surface area contributed by atoms with Crippen LogP contribution in [0.3, 0.4) is 0 Å². The number of nitrogens with zero attached hydrogens (tertiary/aromatic N) is 1. The Morgan fingerprint density at radius 2 is 2.29 bits per heavy atom. The number of nitrogens with two attached hydrogens (primary N) is 1. The molecule has 1 fully saturated rings. The lowest BCUT2D eigenvalue weighted by molar-refractivity contribution is -0.00943. The predicted molar refractivity (Wildman–Crippen MR) is 59.4 cm³/mol. The van der Waals surface area contributed by atoms with Gasteiger partial charge in [0.25, 0.3) is 0 Å². The van der Waals surface area contributed by atoms with E-state index in [-0.39, 0.29) is 5.54 Å². The highest BCUT2D eigenvalue weighted by atomic mass is 16.5. The van der Waals surface area contributed by atoms with Gasteiger partial charge in [-0.2, -0.15) is 0 Å². The van der Waals surface area contributed by atoms with Crippen LogP contribution in [0.15, 0.2) is 0 Å². The van der Waals surface area contributed by atoms with Crippen LogP contribution >= 0.6 is 0 Å². The molecule has 0 aliphatic carbocycles. The lowest BCUT2D eigenvalue weighted by atomic mass is 9.96. The summed E-state index contributed by atoms with van der Waals surface area (Å²) >= 11 is 0. The van der Waals surface area contributed by atoms with E-state index in [1.165, 1.54) is 0 Å². The van der Waals surface area contributed by atoms with Crippen LogP contribution < -0.4 is 5.73 Å². The minimum atomic E-state index is -0.0413. The Morgan fingerprint density at radius 1 is 1.57 bits per heavy atom. The molecule has 0 amide bonds. The summed E-state index contributed by atoms with van der Waals surface area (Å²) in [5.74, 6) is 0. The molecule has 0 saturated carbocycles. The van der Waals surface area contributed by atoms with Crippen LogP contribution in [-0.2, 0) is 4.74 Å². The Hall–Kier alpha value is -0.120. The molecule has 0 aromatic carbocycles. The summed E-state index contributed by atoms with van der Waals surface area (Å²) in [5, 5.41) is 0. The number of hydrogen-bond acceptors (Lipinski definition) is 3. The third-order valence-electron chi connectivity index (χ3n) is 2.89. The number of hydrogen-bond donors (Lipinski definition) is 1. The Labute approximate surface area is 87.6 Å². The van der Waals surface area contributed by atoms with Crippen LogP contribution in [-0.4, -0.2) is 42.8 Å². The molecule has 1 heterocycles. The van der Waals surface area contributed by atoms with Gasteiger partial charge in [-0.15, -0.1) is 0 Å². The average Bonchev–Trinajstić information content (AvgIpc) is 2.08. The maximum Gasteiger partial charge on any atom is 0.0619 e. The van der Waals surface area contributed by atoms with E-state index < -0.39 is 0 Å². The van der Waals surface area contributed by atoms with Crippen LogP contribution in [0.5, 0.6) is 0 Å². The Morgan fingerprint density at radius 3 is 2.86 bits per heavy atom. The molecule has 1 aliphatic heterocycles. The summed E-state index contributed by atoms with van der Waals surface area (Å²) < 4.78 is 5.40. The zero-order valence-electron chi connectivity index (χ0n) is 9.75. The van der Waals surface area contributed by atoms with Crippen LogP contribution in [0.1, 0.15) is 33.6 Å². The molecule has 1 rings (SSSR count). The molecule has 0 radical (unpaired) electrons. The van der Waals surface area contributed by atoms with Crippen molar-refractivity contribution in [3.05, 3.63) is 0 Å². The first kappa shape index (κ1) is 12.0. The van der Waals surface area contributed by atoms with Crippen molar-refractivity contribution in [2.75, 3.05) is 26.3 Å². The van der Waals surface area contributed by atoms with Crippen molar-refractivity contribution in [2.45, 2.75) is 45.2 Å². The molecule has 0 aromatic heterocycles. The Bertz CT molecular complexity index is 171. The van der Waals surface area contributed by atoms with Crippen molar-refractivity contribution in [3.63, 3.8) is 0 Å². The molecule has 0 bridgehead atoms. The van der Waals surface area contributed by atoms with Gasteiger partial charge in [-0.1, -0.05) is 13.3 Å². The van der Waals surface area contributed by atoms with Gasteiger partial charge in [-0.05, 0) is 20.3 Å². The normalized spacial score (nSPS) is 28.7. The van der Waals surface area contributed by atoms with Gasteiger partial charge >= 0.3 is 0 Å². The lowest BCUT2D eigenvalue weighted by Crippen LogP contribution is -2.54. The molecule has 3 nitrogen and oxygen atoms in total. The zero-order chi connectivity index (χ0) is 10.6. The fourth-order valence-electron chi connectivity index (χ4n) is 2.11. The van der Waals surface area contributed by atoms with Gasteiger partial charge < -0.3 is 10.5 Å². The third kappa shape index (κ3) is 3.56. The van der Waals surface area contributed by atoms with E-state index in [4.69, 9.17) is 10.5 Å². The van der Waals surface area contributed by atoms with Gasteiger partial charge in [0.05, 0.1) is 13.2 Å². The minimum absolute atomic E-state index is 0.0413. The topological polar surface area (TPSA) is 38.5 Å². The summed E-state index contributed by atoms with van der Waals surface area (Å²) in [6, 6.07) is 0.517. The highest BCUT2D eigenvalue weighted by Crippen LogP contribution is 2.14. The lowest BCUT2D eigenvalue weighted by Gasteiger charge is -2.38. The number of rotatable bonds is 4. The zero-order valence-corrected chi connectivity index (χ0v) is 9.75. The first-order valence-electron chi connectivity index (χ1n) is 5.66. The molecule has 1 saturated heterocycles. The van der Waals surface area contributed by atoms with E-state index in [1.807, 2.05) is 0 Å². The van der Waals surface area contributed by atoms with Gasteiger partial charge in [0.15, 0.2) is 0 Å². The van der Waals surface area contributed by atoms with Crippen molar-refractivity contribution < 1.29 is 4.74 Å². The fourth-order valence-corrected chi connectivity index (χ4v) is 2.11. The van der Waals surface area contributed by atoms with Crippen molar-refractivity contribution in [1.82, 2.24) is 4.90 Å². The highest BCUT2D eigenvalue weighted by molar-refractivity contribution is 4.85. The summed E-state index contributed by atoms with van der Waals surface area (Å²) in [7, 11) is 0. The van der Waals surface area contributed by atoms with Crippen molar-refractivity contribution in [2.24, 2.45) is 5.73 Å². The molecule has 0 spiro atoms. The first-order chi connectivity index (χ1) is 6.55. The average molecular weight is 200 g/mol. The van der Waals surface area contributed by atoms with Crippen LogP contribution in [0, 0.1) is 0 Å². The number of morpholine rings is 1. The maximum absolute atomic E-state index is 6.24. The summed E-state index contributed by atoms with van der Waals surface area (Å²) in [4.78, 5) is 2.44. The molecule has 2 N–H and O–H groups in total. The van der Waals surface area contributed by atoms with Gasteiger partial charge in [0, 0.05) is 24.7 Å². The molecule has 84 valence electrons. The molecule has 1 aliphatic rings. The quantitative estimate of drug-likeness (QED) is 0.741. The van der Waals surface area contributed by atoms with Crippen molar-refractivity contribution >= 4 is 0 Å². The van der Waals surface area contributed by atoms with Crippen molar-refractivity contribution in [1.29, 1.82) is 0 Å². The van der Waals surface area contributed by atoms with Gasteiger partial charge in [-0.3, -0.25) is 4.90 Å². The van der Waals surface area contributed by atoms with Crippen LogP contribution in [0.2, 0.25) is 0 Å². The fraction of sp³-hybridized carbons (Fsp3) is 1.00. The Balaban J connectivity index is 2.40. The molecule has 0 aromatic rings. The molecule has 3 heteroatoms. The van der Waals surface area contributed by atoms with Crippen molar-refractivity contribution in [3.8, 4) is 0 Å². The molecule has 2 unspecified atom stereocenters. The highest BCUT2D eigenvalue weighted by Gasteiger charge is 2.26. The molecule has 2 atom stereocenters. The van der Waals surface area contributed by atoms with Gasteiger partial charge in [0.2, 0.25) is 0 Å². The van der Waals surface area contributed by atoms with Crippen LogP contribution in [0.4, 0.5) is 0 Å². The van der Waals surface area contributed by atoms with E-state index in [0.717, 1.165) is 39.1 Å². The second-order valence-electron chi connectivity index (χ2n) is 4.80. The van der Waals surface area contributed by atoms with E-state index >= 15 is 0 Å². The Kier molecular flexibility index (Phi) is 4.35. The largest absolute Gasteiger partial charge is 0.379 e. The van der Waals surface area contributed by atoms with E-state index in [1.54, 1.807) is 0 Å². The third-order valence-corrected chi connectivity index (χ3v) is 2.89. The number of ether oxygens (including phenoxy) is 1. The van der Waals surface area contributed by atoms with E-state index in [9.17, 15) is 0 Å². The second kappa shape index (κ2) is 5.10. The standard InChI is InChI=1S/C11H24N2O/c1-4-5-11(3,12)9-13-6-7-14-8-10(13)2/h10H,4-9,12H2,1-3H3. The van der Waals surface area contributed by atoms with E-state index in [0.29, 0.717) is 6.04 Å². The SMILES string of the molecule is CCCC(C)(N)CN1CCOCC1C. The first-order valence-corrected chi connectivity index (χ1v) is 5.66. The molecule has 14 heavy (non-hydrogen) atoms. The van der Waals surface area contributed by atoms with Gasteiger partial charge in [-0.25, -0.2) is 0 Å². The maximum atomic E-state index is 6.24. The molecular formula is C11H24N2O. The predicted octanol–water partition coefficient (Wildman–Crippen LogP) is 1.22. The van der Waals surface area contributed by atoms with Crippen LogP contribution in [0.25, 0.3) is 0 Å². The smallest absolute Gasteiger partial charge is 0.0619 e. The second-order valence-corrected chi connectivity index (χ2v) is 4.80. The summed E-state index contributed by atoms with van der Waals surface area (Å²) in [6.45, 7) is 10.3. The van der Waals surface area contributed by atoms with Gasteiger partial charge in [0.1, 0.15) is 0 Å². The molecular weight excluding hydrogens is 176 g/mol.